The van der Waals surface area contributed by atoms with E-state index in [0.717, 1.165) is 39.9 Å². The van der Waals surface area contributed by atoms with Gasteiger partial charge in [0, 0.05) is 17.6 Å². The fraction of sp³-hybridized carbons (Fsp3) is 0.317. The van der Waals surface area contributed by atoms with Gasteiger partial charge in [0.25, 0.3) is 0 Å². The normalized spacial score (nSPS) is 11.9. The molecule has 0 aliphatic heterocycles. The van der Waals surface area contributed by atoms with E-state index in [4.69, 9.17) is 11.6 Å². The van der Waals surface area contributed by atoms with Crippen molar-refractivity contribution < 1.29 is 26.2 Å². The van der Waals surface area contributed by atoms with Crippen LogP contribution < -0.4 is 0 Å². The minimum atomic E-state index is -0.191. The number of aromatic nitrogens is 1. The van der Waals surface area contributed by atoms with E-state index in [1.807, 2.05) is 18.3 Å². The Labute approximate surface area is 413 Å². The fourth-order valence-corrected chi connectivity index (χ4v) is 8.37. The molecule has 1 N–H and O–H groups in total. The van der Waals surface area contributed by atoms with E-state index in [0.29, 0.717) is 17.7 Å². The Hall–Kier alpha value is -5.30. The van der Waals surface area contributed by atoms with Crippen molar-refractivity contribution in [3.63, 3.8) is 0 Å². The number of aryl methyl sites for hydroxylation is 1. The molecule has 344 valence electrons. The van der Waals surface area contributed by atoms with E-state index in [-0.39, 0.29) is 42.7 Å². The molecule has 0 spiro atoms. The van der Waals surface area contributed by atoms with Gasteiger partial charge in [0.1, 0.15) is 0 Å². The number of nitrogens with zero attached hydrogens (tertiary/aromatic N) is 1. The van der Waals surface area contributed by atoms with E-state index in [1.54, 1.807) is 0 Å². The first-order valence-corrected chi connectivity index (χ1v) is 23.3. The molecule has 0 fully saturated rings. The Kier molecular flexibility index (Phi) is 16.2. The molecule has 3 heteroatoms. The van der Waals surface area contributed by atoms with E-state index in [1.165, 1.54) is 55.6 Å². The van der Waals surface area contributed by atoms with Crippen molar-refractivity contribution in [2.45, 2.75) is 131 Å². The van der Waals surface area contributed by atoms with Crippen molar-refractivity contribution in [2.24, 2.45) is 0 Å². The monoisotopic (exact) mass is 1050 g/mol. The Morgan fingerprint density at radius 2 is 1.14 bits per heavy atom. The molecule has 6 aromatic carbocycles. The van der Waals surface area contributed by atoms with E-state index in [9.17, 15) is 5.11 Å². The molecular formula is C63H71NOPt. The summed E-state index contributed by atoms with van der Waals surface area (Å²) in [5, 5.41) is 11.3. The summed E-state index contributed by atoms with van der Waals surface area (Å²) in [5.41, 5.74) is 19.0. The maximum absolute atomic E-state index is 11.3. The molecule has 66 heavy (non-hydrogen) atoms. The molecule has 0 aliphatic carbocycles. The zero-order chi connectivity index (χ0) is 47.5. The molecule has 0 atom stereocenters. The minimum absolute atomic E-state index is 0. The van der Waals surface area contributed by atoms with Crippen LogP contribution in [0.2, 0.25) is 0 Å². The number of rotatable bonds is 8. The second-order valence-electron chi connectivity index (χ2n) is 21.8. The van der Waals surface area contributed by atoms with Crippen molar-refractivity contribution in [3.05, 3.63) is 197 Å². The standard InChI is InChI=1S/C33H41O.C30H30N.Pt/c1-22(27-20-26(32(5,6)7)21-29(30(27)34)33(8,9)10)18-24-16-17-25(31(2,3)4)19-28(24)23-14-12-11-13-15-23;1-6-27-21(2)11-10-14-28(27)24-17-25(19-26(18-24)30(3,4)5)29-20-23(15-16-31-29)22-12-8-7-9-13-22;/h1,11-17,19-21,34H,18H2,2-10H3;7-16,18-20H,6H2,1-5H3;/q2*-1;+2. The van der Waals surface area contributed by atoms with Crippen LogP contribution in [0.25, 0.3) is 50.2 Å². The molecule has 1 aromatic heterocycles. The number of pyridine rings is 1. The van der Waals surface area contributed by atoms with Crippen LogP contribution in [0, 0.1) is 19.6 Å². The zero-order valence-corrected chi connectivity index (χ0v) is 44.3. The maximum atomic E-state index is 11.3. The SMILES string of the molecule is CCc1c(C)cccc1-c1[c-]c(-c2cc(-c3ccccc3)ccn2)cc(C(C)(C)C)c1.[CH-]=C(Cc1ccc(C(C)(C)C)cc1-c1ccccc1)c1cc(C(C)(C)C)cc(C(C)(C)C)c1O.[Pt+2]. The number of benzene rings is 6. The first kappa shape index (κ1) is 51.7. The summed E-state index contributed by atoms with van der Waals surface area (Å²) < 4.78 is 0. The van der Waals surface area contributed by atoms with Gasteiger partial charge in [-0.2, -0.15) is 0 Å². The van der Waals surface area contributed by atoms with Crippen molar-refractivity contribution in [2.75, 3.05) is 0 Å². The summed E-state index contributed by atoms with van der Waals surface area (Å²) >= 11 is 0. The Balaban J connectivity index is 0.000000245. The molecule has 7 rings (SSSR count). The molecular weight excluding hydrogens is 982 g/mol. The summed E-state index contributed by atoms with van der Waals surface area (Å²) in [6.45, 7) is 37.7. The van der Waals surface area contributed by atoms with Crippen LogP contribution in [-0.4, -0.2) is 10.1 Å². The van der Waals surface area contributed by atoms with Crippen LogP contribution in [0.15, 0.2) is 140 Å². The Bertz CT molecular complexity index is 2770. The third-order valence-corrected chi connectivity index (χ3v) is 12.5. The number of phenolic OH excluding ortho intramolecular Hbond substituents is 1. The van der Waals surface area contributed by atoms with Crippen LogP contribution in [0.3, 0.4) is 0 Å². The summed E-state index contributed by atoms with van der Waals surface area (Å²) in [5.74, 6) is 0.297. The van der Waals surface area contributed by atoms with E-state index < -0.39 is 0 Å². The number of aromatic hydroxyl groups is 1. The summed E-state index contributed by atoms with van der Waals surface area (Å²) in [4.78, 5) is 4.72. The molecule has 0 unspecified atom stereocenters. The summed E-state index contributed by atoms with van der Waals surface area (Å²) in [7, 11) is 0. The van der Waals surface area contributed by atoms with Gasteiger partial charge in [-0.1, -0.05) is 227 Å². The van der Waals surface area contributed by atoms with E-state index in [2.05, 4.69) is 224 Å². The van der Waals surface area contributed by atoms with Gasteiger partial charge >= 0.3 is 21.1 Å². The van der Waals surface area contributed by atoms with Gasteiger partial charge in [-0.3, -0.25) is 11.6 Å². The third kappa shape index (κ3) is 12.4. The molecule has 0 saturated heterocycles. The average Bonchev–Trinajstić information content (AvgIpc) is 3.25. The second kappa shape index (κ2) is 20.7. The van der Waals surface area contributed by atoms with Crippen molar-refractivity contribution >= 4 is 5.57 Å². The van der Waals surface area contributed by atoms with Crippen LogP contribution in [0.5, 0.6) is 5.75 Å². The smallest absolute Gasteiger partial charge is 0.526 e. The zero-order valence-electron chi connectivity index (χ0n) is 42.0. The van der Waals surface area contributed by atoms with Crippen molar-refractivity contribution in [1.29, 1.82) is 0 Å². The first-order valence-electron chi connectivity index (χ1n) is 23.3. The topological polar surface area (TPSA) is 33.1 Å². The Morgan fingerprint density at radius 3 is 1.71 bits per heavy atom. The van der Waals surface area contributed by atoms with Gasteiger partial charge in [-0.25, -0.2) is 5.57 Å². The van der Waals surface area contributed by atoms with Crippen molar-refractivity contribution in [1.82, 2.24) is 4.98 Å². The van der Waals surface area contributed by atoms with Crippen LogP contribution in [0.4, 0.5) is 0 Å². The minimum Gasteiger partial charge on any atom is -0.526 e. The number of hydrogen-bond donors (Lipinski definition) is 1. The number of hydrogen-bond acceptors (Lipinski definition) is 2. The van der Waals surface area contributed by atoms with Crippen LogP contribution in [0.1, 0.15) is 135 Å². The predicted molar refractivity (Wildman–Crippen MR) is 280 cm³/mol. The van der Waals surface area contributed by atoms with Gasteiger partial charge in [0.15, 0.2) is 0 Å². The molecule has 0 bridgehead atoms. The van der Waals surface area contributed by atoms with Gasteiger partial charge in [0.05, 0.1) is 0 Å². The molecule has 0 amide bonds. The number of allylic oxidation sites excluding steroid dienone is 1. The third-order valence-electron chi connectivity index (χ3n) is 12.5. The first-order chi connectivity index (χ1) is 30.4. The van der Waals surface area contributed by atoms with Gasteiger partial charge < -0.3 is 5.11 Å². The number of phenols is 1. The molecule has 0 saturated carbocycles. The maximum Gasteiger partial charge on any atom is 2.00 e. The second-order valence-corrected chi connectivity index (χ2v) is 21.8. The average molecular weight is 1050 g/mol. The summed E-state index contributed by atoms with van der Waals surface area (Å²) in [6.07, 6.45) is 3.48. The van der Waals surface area contributed by atoms with Crippen LogP contribution >= 0.6 is 0 Å². The van der Waals surface area contributed by atoms with Gasteiger partial charge in [0.2, 0.25) is 0 Å². The van der Waals surface area contributed by atoms with Gasteiger partial charge in [-0.15, -0.1) is 41.0 Å². The quantitative estimate of drug-likeness (QED) is 0.154. The molecule has 0 aliphatic rings. The Morgan fingerprint density at radius 1 is 0.561 bits per heavy atom. The molecule has 0 radical (unpaired) electrons. The largest absolute Gasteiger partial charge is 2.00 e. The summed E-state index contributed by atoms with van der Waals surface area (Å²) in [6, 6.07) is 51.0. The van der Waals surface area contributed by atoms with Gasteiger partial charge in [-0.05, 0) is 86.4 Å². The van der Waals surface area contributed by atoms with Crippen LogP contribution in [-0.2, 0) is 55.6 Å². The fourth-order valence-electron chi connectivity index (χ4n) is 8.37. The van der Waals surface area contributed by atoms with E-state index >= 15 is 0 Å². The predicted octanol–water partition coefficient (Wildman–Crippen LogP) is 17.1. The van der Waals surface area contributed by atoms with Crippen molar-refractivity contribution in [3.8, 4) is 50.4 Å². The molecule has 7 aromatic rings. The molecule has 1 heterocycles. The molecule has 2 nitrogen and oxygen atoms in total.